The first-order chi connectivity index (χ1) is 19.4. The van der Waals surface area contributed by atoms with Gasteiger partial charge in [0.15, 0.2) is 11.8 Å². The van der Waals surface area contributed by atoms with Crippen molar-refractivity contribution in [2.45, 2.75) is 43.9 Å². The van der Waals surface area contributed by atoms with Crippen LogP contribution in [0.15, 0.2) is 18.2 Å². The Morgan fingerprint density at radius 3 is 2.65 bits per heavy atom. The molecule has 0 spiro atoms. The van der Waals surface area contributed by atoms with Crippen molar-refractivity contribution in [2.24, 2.45) is 5.92 Å². The number of amides is 1. The minimum atomic E-state index is -0.930. The number of halogens is 3. The molecule has 0 bridgehead atoms. The number of nitrogens with one attached hydrogen (secondary N) is 2. The maximum Gasteiger partial charge on any atom is 0.296 e. The van der Waals surface area contributed by atoms with Crippen molar-refractivity contribution in [3.05, 3.63) is 46.0 Å². The molecule has 3 N–H and O–H groups in total. The molecule has 14 heteroatoms. The fourth-order valence-corrected chi connectivity index (χ4v) is 5.23. The van der Waals surface area contributed by atoms with Crippen LogP contribution in [-0.4, -0.2) is 83.4 Å². The molecule has 2 unspecified atom stereocenters. The Labute approximate surface area is 232 Å². The van der Waals surface area contributed by atoms with E-state index in [9.17, 15) is 18.7 Å². The molecule has 3 aliphatic rings. The number of aliphatic hydroxyl groups excluding tert-OH is 1. The van der Waals surface area contributed by atoms with Gasteiger partial charge in [-0.05, 0) is 37.0 Å². The van der Waals surface area contributed by atoms with Crippen molar-refractivity contribution in [3.63, 3.8) is 0 Å². The second-order valence-corrected chi connectivity index (χ2v) is 10.4. The third-order valence-corrected chi connectivity index (χ3v) is 7.54. The smallest absolute Gasteiger partial charge is 0.296 e. The van der Waals surface area contributed by atoms with Gasteiger partial charge >= 0.3 is 0 Å². The molecule has 1 amide bonds. The van der Waals surface area contributed by atoms with Crippen LogP contribution < -0.4 is 14.8 Å². The molecule has 3 saturated heterocycles. The molecule has 2 aromatic heterocycles. The zero-order chi connectivity index (χ0) is 27.8. The van der Waals surface area contributed by atoms with Gasteiger partial charge in [-0.25, -0.2) is 8.78 Å². The molecule has 4 atom stereocenters. The Bertz CT molecular complexity index is 1380. The molecular weight excluding hydrogens is 554 g/mol. The highest BCUT2D eigenvalue weighted by Crippen LogP contribution is 2.32. The number of benzene rings is 1. The van der Waals surface area contributed by atoms with Gasteiger partial charge in [-0.1, -0.05) is 11.6 Å². The number of carbonyl (C=O) groups excluding carboxylic acids is 1. The SMILES string of the molecule is O=C(NCC1CCOCC1)c1cc(F)c(COc2nc3nc(O[C@@H]4COC5C4OC[C@H]5O)[nH]c3cc2Cl)c(F)c1. The van der Waals surface area contributed by atoms with Crippen molar-refractivity contribution in [1.29, 1.82) is 0 Å². The summed E-state index contributed by atoms with van der Waals surface area (Å²) in [6.45, 7) is 1.56. The van der Waals surface area contributed by atoms with Crippen LogP contribution in [0, 0.1) is 17.6 Å². The number of nitrogens with zero attached hydrogens (tertiary/aromatic N) is 2. The summed E-state index contributed by atoms with van der Waals surface area (Å²) in [6.07, 6.45) is -0.419. The number of aromatic nitrogens is 3. The highest BCUT2D eigenvalue weighted by Gasteiger charge is 2.48. The number of hydrogen-bond donors (Lipinski definition) is 3. The number of fused-ring (bicyclic) bond motifs is 2. The van der Waals surface area contributed by atoms with Crippen LogP contribution in [0.25, 0.3) is 11.2 Å². The van der Waals surface area contributed by atoms with Crippen molar-refractivity contribution in [2.75, 3.05) is 33.0 Å². The molecule has 3 aromatic rings. The predicted octanol–water partition coefficient (Wildman–Crippen LogP) is 2.53. The first-order valence-electron chi connectivity index (χ1n) is 13.0. The van der Waals surface area contributed by atoms with Gasteiger partial charge in [-0.15, -0.1) is 0 Å². The second kappa shape index (κ2) is 11.4. The molecule has 214 valence electrons. The molecule has 40 heavy (non-hydrogen) atoms. The van der Waals surface area contributed by atoms with E-state index in [-0.39, 0.29) is 52.8 Å². The molecular formula is C26H27ClF2N4O7. The lowest BCUT2D eigenvalue weighted by atomic mass is 10.0. The van der Waals surface area contributed by atoms with E-state index in [4.69, 9.17) is 35.3 Å². The topological polar surface area (TPSA) is 137 Å². The number of imidazole rings is 1. The third-order valence-electron chi connectivity index (χ3n) is 7.27. The van der Waals surface area contributed by atoms with Crippen molar-refractivity contribution in [3.8, 4) is 11.9 Å². The number of H-pyrrole nitrogens is 1. The quantitative estimate of drug-likeness (QED) is 0.367. The van der Waals surface area contributed by atoms with Crippen LogP contribution in [0.3, 0.4) is 0 Å². The molecule has 3 aliphatic heterocycles. The van der Waals surface area contributed by atoms with Crippen LogP contribution in [0.2, 0.25) is 5.02 Å². The highest BCUT2D eigenvalue weighted by atomic mass is 35.5. The standard InChI is InChI=1S/C26H27ClF2N4O7/c27-15-7-18-23(33-26(31-18)40-20-11-38-21-19(34)10-37-22(20)21)32-25(15)39-9-14-16(28)5-13(6-17(14)29)24(35)30-8-12-1-3-36-4-2-12/h5-7,12,19-22,34H,1-4,8-11H2,(H,30,35)(H,31,32,33)/t19-,20-,21?,22?/m1/s1. The van der Waals surface area contributed by atoms with Crippen LogP contribution in [-0.2, 0) is 20.8 Å². The van der Waals surface area contributed by atoms with Crippen molar-refractivity contribution < 1.29 is 42.4 Å². The predicted molar refractivity (Wildman–Crippen MR) is 135 cm³/mol. The summed E-state index contributed by atoms with van der Waals surface area (Å²) >= 11 is 6.29. The Balaban J connectivity index is 1.10. The Hall–Kier alpha value is -3.10. The summed E-state index contributed by atoms with van der Waals surface area (Å²) < 4.78 is 57.4. The summed E-state index contributed by atoms with van der Waals surface area (Å²) in [5.74, 6) is -2.23. The van der Waals surface area contributed by atoms with Crippen LogP contribution in [0.1, 0.15) is 28.8 Å². The third kappa shape index (κ3) is 5.56. The van der Waals surface area contributed by atoms with Crippen LogP contribution in [0.5, 0.6) is 11.9 Å². The Kier molecular flexibility index (Phi) is 7.73. The molecule has 11 nitrogen and oxygen atoms in total. The number of hydrogen-bond acceptors (Lipinski definition) is 9. The molecule has 0 radical (unpaired) electrons. The highest BCUT2D eigenvalue weighted by molar-refractivity contribution is 6.32. The maximum absolute atomic E-state index is 14.8. The van der Waals surface area contributed by atoms with Gasteiger partial charge in [0.2, 0.25) is 5.88 Å². The van der Waals surface area contributed by atoms with E-state index in [1.807, 2.05) is 0 Å². The van der Waals surface area contributed by atoms with Gasteiger partial charge in [-0.2, -0.15) is 9.97 Å². The van der Waals surface area contributed by atoms with E-state index < -0.39 is 48.6 Å². The lowest BCUT2D eigenvalue weighted by Gasteiger charge is -2.22. The van der Waals surface area contributed by atoms with E-state index >= 15 is 0 Å². The number of pyridine rings is 1. The molecule has 0 saturated carbocycles. The molecule has 1 aromatic carbocycles. The summed E-state index contributed by atoms with van der Waals surface area (Å²) in [5, 5.41) is 12.7. The molecule has 0 aliphatic carbocycles. The van der Waals surface area contributed by atoms with Crippen molar-refractivity contribution in [1.82, 2.24) is 20.3 Å². The zero-order valence-electron chi connectivity index (χ0n) is 21.2. The first kappa shape index (κ1) is 27.1. The molecule has 5 heterocycles. The number of ether oxygens (including phenoxy) is 5. The van der Waals surface area contributed by atoms with Gasteiger partial charge in [0.1, 0.15) is 41.6 Å². The van der Waals surface area contributed by atoms with Crippen LogP contribution in [0.4, 0.5) is 8.78 Å². The summed E-state index contributed by atoms with van der Waals surface area (Å²) in [7, 11) is 0. The minimum Gasteiger partial charge on any atom is -0.471 e. The lowest BCUT2D eigenvalue weighted by molar-refractivity contribution is 0.00706. The van der Waals surface area contributed by atoms with E-state index in [2.05, 4.69) is 20.3 Å². The average molecular weight is 581 g/mol. The average Bonchev–Trinajstić information content (AvgIpc) is 3.63. The molecule has 3 fully saturated rings. The summed E-state index contributed by atoms with van der Waals surface area (Å²) in [5.41, 5.74) is 0.155. The number of rotatable bonds is 8. The van der Waals surface area contributed by atoms with Gasteiger partial charge in [0, 0.05) is 25.3 Å². The Morgan fingerprint density at radius 2 is 1.88 bits per heavy atom. The zero-order valence-corrected chi connectivity index (χ0v) is 22.0. The number of carbonyl (C=O) groups is 1. The second-order valence-electron chi connectivity index (χ2n) is 9.98. The summed E-state index contributed by atoms with van der Waals surface area (Å²) in [6, 6.07) is 3.58. The lowest BCUT2D eigenvalue weighted by Crippen LogP contribution is -2.34. The largest absolute Gasteiger partial charge is 0.471 e. The van der Waals surface area contributed by atoms with E-state index in [0.717, 1.165) is 25.0 Å². The van der Waals surface area contributed by atoms with Crippen LogP contribution >= 0.6 is 11.6 Å². The molecule has 6 rings (SSSR count). The number of aliphatic hydroxyl groups is 1. The van der Waals surface area contributed by atoms with Gasteiger partial charge in [-0.3, -0.25) is 4.79 Å². The fraction of sp³-hybridized carbons (Fsp3) is 0.500. The number of aromatic amines is 1. The van der Waals surface area contributed by atoms with E-state index in [1.54, 1.807) is 0 Å². The normalized spacial score (nSPS) is 24.8. The van der Waals surface area contributed by atoms with Gasteiger partial charge in [0.05, 0.1) is 24.3 Å². The monoisotopic (exact) mass is 580 g/mol. The van der Waals surface area contributed by atoms with Gasteiger partial charge < -0.3 is 39.1 Å². The van der Waals surface area contributed by atoms with Gasteiger partial charge in [0.25, 0.3) is 11.9 Å². The van der Waals surface area contributed by atoms with E-state index in [1.165, 1.54) is 6.07 Å². The Morgan fingerprint density at radius 1 is 1.12 bits per heavy atom. The van der Waals surface area contributed by atoms with Crippen molar-refractivity contribution >= 4 is 28.7 Å². The summed E-state index contributed by atoms with van der Waals surface area (Å²) in [4.78, 5) is 23.9. The fourth-order valence-electron chi connectivity index (χ4n) is 5.03. The maximum atomic E-state index is 14.8. The minimum absolute atomic E-state index is 0.0825. The van der Waals surface area contributed by atoms with E-state index in [0.29, 0.717) is 25.3 Å². The first-order valence-corrected chi connectivity index (χ1v) is 13.3.